The summed E-state index contributed by atoms with van der Waals surface area (Å²) in [6, 6.07) is 10.4. The highest BCUT2D eigenvalue weighted by molar-refractivity contribution is 5.25. The molecule has 0 aliphatic heterocycles. The van der Waals surface area contributed by atoms with Crippen LogP contribution in [-0.4, -0.2) is 9.78 Å². The summed E-state index contributed by atoms with van der Waals surface area (Å²) in [7, 11) is 0. The van der Waals surface area contributed by atoms with Crippen LogP contribution in [0.25, 0.3) is 0 Å². The summed E-state index contributed by atoms with van der Waals surface area (Å²) < 4.78 is 2.02. The lowest BCUT2D eigenvalue weighted by atomic mass is 10.1. The van der Waals surface area contributed by atoms with Crippen LogP contribution < -0.4 is 0 Å². The summed E-state index contributed by atoms with van der Waals surface area (Å²) >= 11 is 0. The van der Waals surface area contributed by atoms with Crippen LogP contribution in [0.3, 0.4) is 0 Å². The van der Waals surface area contributed by atoms with E-state index >= 15 is 0 Å². The van der Waals surface area contributed by atoms with Crippen molar-refractivity contribution >= 4 is 0 Å². The first-order valence-electron chi connectivity index (χ1n) is 4.80. The fourth-order valence-electron chi connectivity index (χ4n) is 1.51. The maximum Gasteiger partial charge on any atom is 0.0664 e. The van der Waals surface area contributed by atoms with Gasteiger partial charge in [-0.15, -0.1) is 0 Å². The van der Waals surface area contributed by atoms with Gasteiger partial charge in [0.15, 0.2) is 0 Å². The first-order chi connectivity index (χ1) is 6.77. The minimum absolute atomic E-state index is 0.867. The van der Waals surface area contributed by atoms with Gasteiger partial charge in [-0.3, -0.25) is 4.68 Å². The Hall–Kier alpha value is -1.57. The topological polar surface area (TPSA) is 17.8 Å². The standard InChI is InChI=1S/C12H14N2/c1-10-5-3-4-6-12(10)9-14-11(2)7-8-13-14/h3-8H,9H2,1-2H3. The SMILES string of the molecule is Cc1ccccc1Cn1nccc1C. The molecule has 0 aliphatic rings. The molecule has 72 valence electrons. The van der Waals surface area contributed by atoms with E-state index in [4.69, 9.17) is 0 Å². The van der Waals surface area contributed by atoms with Gasteiger partial charge in [0, 0.05) is 11.9 Å². The molecule has 0 radical (unpaired) electrons. The summed E-state index contributed by atoms with van der Waals surface area (Å²) in [5.74, 6) is 0. The molecule has 1 aromatic carbocycles. The van der Waals surface area contributed by atoms with E-state index in [-0.39, 0.29) is 0 Å². The second kappa shape index (κ2) is 3.66. The molecule has 0 amide bonds. The molecule has 0 fully saturated rings. The minimum atomic E-state index is 0.867. The van der Waals surface area contributed by atoms with Crippen LogP contribution in [0.15, 0.2) is 36.5 Å². The summed E-state index contributed by atoms with van der Waals surface area (Å²) in [5, 5.41) is 4.27. The van der Waals surface area contributed by atoms with E-state index in [1.165, 1.54) is 16.8 Å². The van der Waals surface area contributed by atoms with Crippen LogP contribution >= 0.6 is 0 Å². The summed E-state index contributed by atoms with van der Waals surface area (Å²) in [6.45, 7) is 5.07. The van der Waals surface area contributed by atoms with E-state index in [1.807, 2.05) is 16.9 Å². The maximum atomic E-state index is 4.27. The van der Waals surface area contributed by atoms with Crippen molar-refractivity contribution in [2.75, 3.05) is 0 Å². The van der Waals surface area contributed by atoms with E-state index in [0.29, 0.717) is 0 Å². The molecule has 2 nitrogen and oxygen atoms in total. The first-order valence-corrected chi connectivity index (χ1v) is 4.80. The third-order valence-electron chi connectivity index (χ3n) is 2.51. The molecule has 0 atom stereocenters. The molecule has 0 N–H and O–H groups in total. The molecule has 1 heterocycles. The molecule has 14 heavy (non-hydrogen) atoms. The highest BCUT2D eigenvalue weighted by Crippen LogP contribution is 2.09. The minimum Gasteiger partial charge on any atom is -0.265 e. The molecule has 0 saturated carbocycles. The number of rotatable bonds is 2. The zero-order valence-electron chi connectivity index (χ0n) is 8.57. The number of aromatic nitrogens is 2. The normalized spacial score (nSPS) is 10.4. The quantitative estimate of drug-likeness (QED) is 0.704. The first kappa shape index (κ1) is 9.00. The Bertz CT molecular complexity index is 429. The Kier molecular flexibility index (Phi) is 2.35. The molecule has 0 spiro atoms. The molecule has 0 bridgehead atoms. The van der Waals surface area contributed by atoms with Crippen LogP contribution in [-0.2, 0) is 6.54 Å². The van der Waals surface area contributed by atoms with Gasteiger partial charge < -0.3 is 0 Å². The summed E-state index contributed by atoms with van der Waals surface area (Å²) in [4.78, 5) is 0. The van der Waals surface area contributed by atoms with Gasteiger partial charge in [-0.05, 0) is 31.0 Å². The summed E-state index contributed by atoms with van der Waals surface area (Å²) in [6.07, 6.45) is 1.84. The van der Waals surface area contributed by atoms with Gasteiger partial charge in [0.2, 0.25) is 0 Å². The van der Waals surface area contributed by atoms with Gasteiger partial charge >= 0.3 is 0 Å². The van der Waals surface area contributed by atoms with Gasteiger partial charge in [-0.1, -0.05) is 24.3 Å². The highest BCUT2D eigenvalue weighted by atomic mass is 15.3. The average Bonchev–Trinajstić information content (AvgIpc) is 2.56. The Morgan fingerprint density at radius 1 is 1.14 bits per heavy atom. The largest absolute Gasteiger partial charge is 0.265 e. The number of nitrogens with zero attached hydrogens (tertiary/aromatic N) is 2. The van der Waals surface area contributed by atoms with E-state index in [2.05, 4.69) is 43.2 Å². The Morgan fingerprint density at radius 3 is 2.57 bits per heavy atom. The van der Waals surface area contributed by atoms with Crippen molar-refractivity contribution in [2.45, 2.75) is 20.4 Å². The van der Waals surface area contributed by atoms with E-state index in [9.17, 15) is 0 Å². The van der Waals surface area contributed by atoms with Gasteiger partial charge in [0.05, 0.1) is 6.54 Å². The van der Waals surface area contributed by atoms with Gasteiger partial charge in [0.25, 0.3) is 0 Å². The predicted molar refractivity (Wildman–Crippen MR) is 57.2 cm³/mol. The molecule has 0 aliphatic carbocycles. The zero-order chi connectivity index (χ0) is 9.97. The fourth-order valence-corrected chi connectivity index (χ4v) is 1.51. The Labute approximate surface area is 84.2 Å². The van der Waals surface area contributed by atoms with Crippen LogP contribution in [0.2, 0.25) is 0 Å². The average molecular weight is 186 g/mol. The van der Waals surface area contributed by atoms with Gasteiger partial charge in [-0.25, -0.2) is 0 Å². The third kappa shape index (κ3) is 1.69. The van der Waals surface area contributed by atoms with Crippen molar-refractivity contribution in [3.63, 3.8) is 0 Å². The lowest BCUT2D eigenvalue weighted by Crippen LogP contribution is -2.04. The zero-order valence-corrected chi connectivity index (χ0v) is 8.57. The van der Waals surface area contributed by atoms with Crippen LogP contribution in [0.4, 0.5) is 0 Å². The smallest absolute Gasteiger partial charge is 0.0664 e. The number of aryl methyl sites for hydroxylation is 2. The van der Waals surface area contributed by atoms with E-state index < -0.39 is 0 Å². The third-order valence-corrected chi connectivity index (χ3v) is 2.51. The van der Waals surface area contributed by atoms with Crippen LogP contribution in [0.1, 0.15) is 16.8 Å². The monoisotopic (exact) mass is 186 g/mol. The summed E-state index contributed by atoms with van der Waals surface area (Å²) in [5.41, 5.74) is 3.86. The fraction of sp³-hybridized carbons (Fsp3) is 0.250. The number of hydrogen-bond donors (Lipinski definition) is 0. The highest BCUT2D eigenvalue weighted by Gasteiger charge is 2.00. The van der Waals surface area contributed by atoms with Gasteiger partial charge in [0.1, 0.15) is 0 Å². The maximum absolute atomic E-state index is 4.27. The second-order valence-electron chi connectivity index (χ2n) is 3.56. The van der Waals surface area contributed by atoms with Crippen molar-refractivity contribution in [3.8, 4) is 0 Å². The van der Waals surface area contributed by atoms with Crippen molar-refractivity contribution in [1.82, 2.24) is 9.78 Å². The van der Waals surface area contributed by atoms with E-state index in [0.717, 1.165) is 6.54 Å². The van der Waals surface area contributed by atoms with Crippen LogP contribution in [0, 0.1) is 13.8 Å². The Morgan fingerprint density at radius 2 is 1.93 bits per heavy atom. The molecule has 2 rings (SSSR count). The molecule has 0 saturated heterocycles. The van der Waals surface area contributed by atoms with Crippen molar-refractivity contribution < 1.29 is 0 Å². The van der Waals surface area contributed by atoms with Crippen molar-refractivity contribution in [3.05, 3.63) is 53.3 Å². The molecular weight excluding hydrogens is 172 g/mol. The lowest BCUT2D eigenvalue weighted by Gasteiger charge is -2.07. The number of benzene rings is 1. The predicted octanol–water partition coefficient (Wildman–Crippen LogP) is 2.55. The lowest BCUT2D eigenvalue weighted by molar-refractivity contribution is 0.662. The van der Waals surface area contributed by atoms with Crippen molar-refractivity contribution in [1.29, 1.82) is 0 Å². The van der Waals surface area contributed by atoms with E-state index in [1.54, 1.807) is 0 Å². The molecule has 1 aromatic heterocycles. The molecular formula is C12H14N2. The Balaban J connectivity index is 2.28. The molecule has 2 heteroatoms. The van der Waals surface area contributed by atoms with Gasteiger partial charge in [-0.2, -0.15) is 5.10 Å². The van der Waals surface area contributed by atoms with Crippen LogP contribution in [0.5, 0.6) is 0 Å². The number of hydrogen-bond acceptors (Lipinski definition) is 1. The molecule has 2 aromatic rings. The van der Waals surface area contributed by atoms with Crippen molar-refractivity contribution in [2.24, 2.45) is 0 Å². The molecule has 0 unspecified atom stereocenters. The second-order valence-corrected chi connectivity index (χ2v) is 3.56.